The molecule has 0 fully saturated rings. The van der Waals surface area contributed by atoms with E-state index in [9.17, 15) is 0 Å². The van der Waals surface area contributed by atoms with Crippen molar-refractivity contribution >= 4 is 0 Å². The zero-order chi connectivity index (χ0) is 6.41. The normalized spacial score (nSPS) is 13.5. The van der Waals surface area contributed by atoms with Gasteiger partial charge in [-0.1, -0.05) is 20.4 Å². The van der Waals surface area contributed by atoms with E-state index in [2.05, 4.69) is 17.2 Å². The number of rotatable bonds is 0. The van der Waals surface area contributed by atoms with Crippen molar-refractivity contribution in [1.29, 1.82) is 0 Å². The van der Waals surface area contributed by atoms with Gasteiger partial charge in [-0.25, -0.2) is 0 Å². The van der Waals surface area contributed by atoms with E-state index >= 15 is 0 Å². The van der Waals surface area contributed by atoms with Crippen LogP contribution in [0.2, 0.25) is 0 Å². The summed E-state index contributed by atoms with van der Waals surface area (Å²) in [6.45, 7) is 7.57. The minimum Gasteiger partial charge on any atom is -0.347 e. The summed E-state index contributed by atoms with van der Waals surface area (Å²) in [5.41, 5.74) is 0. The molecule has 0 aliphatic carbocycles. The second kappa shape index (κ2) is 4.24. The van der Waals surface area contributed by atoms with Crippen molar-refractivity contribution in [2.45, 2.75) is 13.8 Å². The third-order valence-corrected chi connectivity index (χ3v) is 0.598. The Balaban J connectivity index is 0.000000222. The summed E-state index contributed by atoms with van der Waals surface area (Å²) in [6.07, 6.45) is 3.59. The van der Waals surface area contributed by atoms with Crippen LogP contribution in [0, 0.1) is 0 Å². The smallest absolute Gasteiger partial charge is 0.0993 e. The maximum absolute atomic E-state index is 3.57. The molecule has 0 spiro atoms. The first-order chi connectivity index (χ1) is 3.89. The van der Waals surface area contributed by atoms with Gasteiger partial charge in [-0.05, 0) is 0 Å². The molecule has 0 amide bonds. The zero-order valence-corrected chi connectivity index (χ0v) is 5.36. The lowest BCUT2D eigenvalue weighted by molar-refractivity contribution is 1.000. The highest BCUT2D eigenvalue weighted by Gasteiger charge is 1.87. The van der Waals surface area contributed by atoms with Crippen molar-refractivity contribution in [3.63, 3.8) is 0 Å². The molecule has 0 bridgehead atoms. The van der Waals surface area contributed by atoms with Crippen LogP contribution in [0.1, 0.15) is 13.8 Å². The molecule has 1 aliphatic heterocycles. The van der Waals surface area contributed by atoms with Crippen molar-refractivity contribution in [2.24, 2.45) is 0 Å². The molecule has 0 aromatic heterocycles. The van der Waals surface area contributed by atoms with Gasteiger partial charge in [0.15, 0.2) is 0 Å². The molecule has 0 aromatic rings. The summed E-state index contributed by atoms with van der Waals surface area (Å²) < 4.78 is 0. The molecule has 0 saturated carbocycles. The lowest BCUT2D eigenvalue weighted by atomic mass is 10.8. The molecule has 2 N–H and O–H groups in total. The van der Waals surface area contributed by atoms with E-state index < -0.39 is 0 Å². The summed E-state index contributed by atoms with van der Waals surface area (Å²) in [5, 5.41) is 5.67. The highest BCUT2D eigenvalue weighted by molar-refractivity contribution is 5.05. The van der Waals surface area contributed by atoms with Gasteiger partial charge < -0.3 is 10.6 Å². The van der Waals surface area contributed by atoms with E-state index in [-0.39, 0.29) is 0 Å². The summed E-state index contributed by atoms with van der Waals surface area (Å²) in [6, 6.07) is 0. The van der Waals surface area contributed by atoms with E-state index in [0.717, 1.165) is 5.82 Å². The first-order valence-corrected chi connectivity index (χ1v) is 2.76. The first kappa shape index (κ1) is 7.08. The van der Waals surface area contributed by atoms with E-state index in [4.69, 9.17) is 0 Å². The van der Waals surface area contributed by atoms with Crippen LogP contribution in [0.5, 0.6) is 0 Å². The fourth-order valence-electron chi connectivity index (χ4n) is 0.326. The fraction of sp³-hybridized carbons (Fsp3) is 0.333. The Morgan fingerprint density at radius 2 is 1.62 bits per heavy atom. The van der Waals surface area contributed by atoms with Crippen molar-refractivity contribution in [3.8, 4) is 0 Å². The summed E-state index contributed by atoms with van der Waals surface area (Å²) in [7, 11) is 0. The topological polar surface area (TPSA) is 24.1 Å². The highest BCUT2D eigenvalue weighted by atomic mass is 15.1. The van der Waals surface area contributed by atoms with Crippen molar-refractivity contribution < 1.29 is 0 Å². The SMILES string of the molecule is C=C1NC=CN1.CC. The van der Waals surface area contributed by atoms with Gasteiger partial charge in [-0.2, -0.15) is 0 Å². The Bertz CT molecular complexity index is 84.7. The molecule has 0 radical (unpaired) electrons. The van der Waals surface area contributed by atoms with Gasteiger partial charge >= 0.3 is 0 Å². The van der Waals surface area contributed by atoms with Gasteiger partial charge in [-0.15, -0.1) is 0 Å². The van der Waals surface area contributed by atoms with Crippen LogP contribution in [-0.2, 0) is 0 Å². The molecule has 0 unspecified atom stereocenters. The standard InChI is InChI=1S/C4H6N2.C2H6/c1-4-5-2-3-6-4;1-2/h2-3,5-6H,1H2;1-2H3. The Hall–Kier alpha value is -0.920. The Kier molecular flexibility index (Phi) is 3.76. The van der Waals surface area contributed by atoms with Crippen LogP contribution < -0.4 is 10.6 Å². The van der Waals surface area contributed by atoms with Gasteiger partial charge in [0.05, 0.1) is 5.82 Å². The Morgan fingerprint density at radius 3 is 1.75 bits per heavy atom. The van der Waals surface area contributed by atoms with Gasteiger partial charge in [-0.3, -0.25) is 0 Å². The van der Waals surface area contributed by atoms with E-state index in [1.165, 1.54) is 0 Å². The second-order valence-electron chi connectivity index (χ2n) is 1.10. The third-order valence-electron chi connectivity index (χ3n) is 0.598. The van der Waals surface area contributed by atoms with Crippen molar-refractivity contribution in [1.82, 2.24) is 10.6 Å². The molecule has 0 saturated heterocycles. The largest absolute Gasteiger partial charge is 0.347 e. The monoisotopic (exact) mass is 112 g/mol. The van der Waals surface area contributed by atoms with E-state index in [1.54, 1.807) is 12.4 Å². The second-order valence-corrected chi connectivity index (χ2v) is 1.10. The average Bonchev–Trinajstić information content (AvgIpc) is 2.24. The minimum atomic E-state index is 0.843. The Labute approximate surface area is 50.3 Å². The Morgan fingerprint density at radius 1 is 1.25 bits per heavy atom. The molecule has 0 atom stereocenters. The first-order valence-electron chi connectivity index (χ1n) is 2.76. The number of nitrogens with one attached hydrogen (secondary N) is 2. The lowest BCUT2D eigenvalue weighted by Gasteiger charge is -1.89. The summed E-state index contributed by atoms with van der Waals surface area (Å²) in [5.74, 6) is 0.843. The predicted octanol–water partition coefficient (Wildman–Crippen LogP) is 1.15. The lowest BCUT2D eigenvalue weighted by Crippen LogP contribution is -2.06. The zero-order valence-electron chi connectivity index (χ0n) is 5.36. The van der Waals surface area contributed by atoms with Crippen LogP contribution in [-0.4, -0.2) is 0 Å². The molecule has 2 nitrogen and oxygen atoms in total. The molecule has 2 heteroatoms. The van der Waals surface area contributed by atoms with Crippen LogP contribution >= 0.6 is 0 Å². The predicted molar refractivity (Wildman–Crippen MR) is 35.9 cm³/mol. The summed E-state index contributed by atoms with van der Waals surface area (Å²) in [4.78, 5) is 0. The van der Waals surface area contributed by atoms with E-state index in [0.29, 0.717) is 0 Å². The molecular formula is C6H12N2. The number of hydrogen-bond donors (Lipinski definition) is 2. The van der Waals surface area contributed by atoms with Crippen LogP contribution in [0.4, 0.5) is 0 Å². The molecule has 46 valence electrons. The third kappa shape index (κ3) is 2.29. The molecule has 1 aliphatic rings. The van der Waals surface area contributed by atoms with Crippen LogP contribution in [0.15, 0.2) is 24.8 Å². The van der Waals surface area contributed by atoms with Crippen LogP contribution in [0.3, 0.4) is 0 Å². The van der Waals surface area contributed by atoms with E-state index in [1.807, 2.05) is 13.8 Å². The maximum atomic E-state index is 3.57. The minimum absolute atomic E-state index is 0.843. The molecule has 0 aromatic carbocycles. The quantitative estimate of drug-likeness (QED) is 0.491. The molecule has 1 heterocycles. The average molecular weight is 112 g/mol. The molecular weight excluding hydrogens is 100 g/mol. The highest BCUT2D eigenvalue weighted by Crippen LogP contribution is 1.82. The van der Waals surface area contributed by atoms with Gasteiger partial charge in [0.2, 0.25) is 0 Å². The van der Waals surface area contributed by atoms with Crippen molar-refractivity contribution in [3.05, 3.63) is 24.8 Å². The van der Waals surface area contributed by atoms with Crippen LogP contribution in [0.25, 0.3) is 0 Å². The molecule has 8 heavy (non-hydrogen) atoms. The number of hydrogen-bond acceptors (Lipinski definition) is 2. The maximum Gasteiger partial charge on any atom is 0.0993 e. The van der Waals surface area contributed by atoms with Crippen molar-refractivity contribution in [2.75, 3.05) is 0 Å². The summed E-state index contributed by atoms with van der Waals surface area (Å²) >= 11 is 0. The van der Waals surface area contributed by atoms with Gasteiger partial charge in [0.1, 0.15) is 0 Å². The van der Waals surface area contributed by atoms with Gasteiger partial charge in [0, 0.05) is 12.4 Å². The fourth-order valence-corrected chi connectivity index (χ4v) is 0.326. The van der Waals surface area contributed by atoms with Gasteiger partial charge in [0.25, 0.3) is 0 Å². The molecule has 1 rings (SSSR count).